The Kier molecular flexibility index (Phi) is 10.8. The fourth-order valence-corrected chi connectivity index (χ4v) is 5.45. The number of hydrogen-bond acceptors (Lipinski definition) is 12. The van der Waals surface area contributed by atoms with Gasteiger partial charge in [0.05, 0.1) is 5.69 Å². The van der Waals surface area contributed by atoms with Crippen molar-refractivity contribution in [1.29, 1.82) is 5.26 Å². The zero-order chi connectivity index (χ0) is 30.2. The molecule has 1 aromatic carbocycles. The molecule has 2 unspecified atom stereocenters. The van der Waals surface area contributed by atoms with Gasteiger partial charge in [-0.05, 0) is 44.0 Å². The number of fused-ring (bicyclic) bond motifs is 1. The summed E-state index contributed by atoms with van der Waals surface area (Å²) in [5.74, 6) is -0.410. The molecular formula is C26H35N6O8P. The second-order valence-electron chi connectivity index (χ2n) is 9.20. The van der Waals surface area contributed by atoms with Crippen LogP contribution in [-0.2, 0) is 23.4 Å². The van der Waals surface area contributed by atoms with E-state index in [1.165, 1.54) is 42.0 Å². The Morgan fingerprint density at radius 1 is 1.22 bits per heavy atom. The molecule has 0 saturated heterocycles. The molecule has 3 rings (SSSR count). The molecule has 3 aromatic rings. The van der Waals surface area contributed by atoms with E-state index < -0.39 is 44.2 Å². The van der Waals surface area contributed by atoms with Crippen LogP contribution in [-0.4, -0.2) is 68.3 Å². The van der Waals surface area contributed by atoms with Crippen LogP contribution >= 0.6 is 7.75 Å². The first kappa shape index (κ1) is 32.0. The normalized spacial score (nSPS) is 16.7. The minimum absolute atomic E-state index is 0.0814. The van der Waals surface area contributed by atoms with Gasteiger partial charge in [-0.3, -0.25) is 9.32 Å². The van der Waals surface area contributed by atoms with Crippen molar-refractivity contribution in [3.63, 3.8) is 0 Å². The van der Waals surface area contributed by atoms with Gasteiger partial charge in [-0.25, -0.2) is 14.1 Å². The van der Waals surface area contributed by atoms with Gasteiger partial charge in [0.25, 0.3) is 0 Å². The maximum Gasteiger partial charge on any atom is 0.459 e. The molecule has 2 heterocycles. The summed E-state index contributed by atoms with van der Waals surface area (Å²) in [6.07, 6.45) is -1.64. The summed E-state index contributed by atoms with van der Waals surface area (Å²) < 4.78 is 37.2. The average Bonchev–Trinajstić information content (AvgIpc) is 3.42. The topological polar surface area (TPSA) is 204 Å². The maximum absolute atomic E-state index is 13.9. The van der Waals surface area contributed by atoms with Gasteiger partial charge in [0.1, 0.15) is 54.6 Å². The molecule has 0 aliphatic heterocycles. The first-order valence-electron chi connectivity index (χ1n) is 12.9. The third-order valence-corrected chi connectivity index (χ3v) is 8.08. The van der Waals surface area contributed by atoms with Crippen molar-refractivity contribution >= 4 is 25.1 Å². The number of rotatable bonds is 15. The van der Waals surface area contributed by atoms with E-state index >= 15 is 0 Å². The Balaban J connectivity index is 1.87. The predicted octanol–water partition coefficient (Wildman–Crippen LogP) is 2.53. The number of anilines is 1. The van der Waals surface area contributed by atoms with E-state index in [4.69, 9.17) is 24.3 Å². The van der Waals surface area contributed by atoms with Crippen LogP contribution in [0.3, 0.4) is 0 Å². The Morgan fingerprint density at radius 2 is 1.90 bits per heavy atom. The monoisotopic (exact) mass is 590 g/mol. The van der Waals surface area contributed by atoms with E-state index in [0.717, 1.165) is 7.11 Å². The number of para-hydroxylation sites is 1. The summed E-state index contributed by atoms with van der Waals surface area (Å²) in [7, 11) is -3.31. The molecule has 0 aliphatic carbocycles. The molecule has 5 atom stereocenters. The molecule has 0 fully saturated rings. The van der Waals surface area contributed by atoms with Gasteiger partial charge in [0, 0.05) is 7.11 Å². The summed E-state index contributed by atoms with van der Waals surface area (Å²) in [5, 5.41) is 38.8. The van der Waals surface area contributed by atoms with E-state index in [-0.39, 0.29) is 23.4 Å². The zero-order valence-electron chi connectivity index (χ0n) is 23.2. The van der Waals surface area contributed by atoms with Crippen LogP contribution in [0.5, 0.6) is 5.75 Å². The Bertz CT molecular complexity index is 1400. The van der Waals surface area contributed by atoms with Crippen molar-refractivity contribution in [2.75, 3.05) is 19.5 Å². The summed E-state index contributed by atoms with van der Waals surface area (Å²) in [4.78, 5) is 16.6. The van der Waals surface area contributed by atoms with Crippen LogP contribution in [0.2, 0.25) is 0 Å². The third kappa shape index (κ3) is 7.39. The highest BCUT2D eigenvalue weighted by Crippen LogP contribution is 2.46. The average molecular weight is 591 g/mol. The number of hydrogen-bond donors (Lipinski definition) is 4. The number of benzene rings is 1. The minimum atomic E-state index is -4.43. The predicted molar refractivity (Wildman–Crippen MR) is 147 cm³/mol. The van der Waals surface area contributed by atoms with Gasteiger partial charge in [0.2, 0.25) is 5.60 Å². The lowest BCUT2D eigenvalue weighted by atomic mass is 9.93. The number of aliphatic hydroxyl groups is 2. The number of nitrogens with zero attached hydrogens (tertiary/aromatic N) is 4. The highest BCUT2D eigenvalue weighted by molar-refractivity contribution is 7.52. The van der Waals surface area contributed by atoms with Crippen molar-refractivity contribution in [2.24, 2.45) is 0 Å². The van der Waals surface area contributed by atoms with Gasteiger partial charge >= 0.3 is 13.7 Å². The van der Waals surface area contributed by atoms with E-state index in [1.54, 1.807) is 24.3 Å². The lowest BCUT2D eigenvalue weighted by molar-refractivity contribution is -0.151. The lowest BCUT2D eigenvalue weighted by Gasteiger charge is -2.34. The quantitative estimate of drug-likeness (QED) is 0.149. The number of nitrogens with one attached hydrogen (secondary N) is 1. The van der Waals surface area contributed by atoms with Gasteiger partial charge in [-0.1, -0.05) is 32.0 Å². The largest absolute Gasteiger partial charge is 0.461 e. The molecule has 14 nitrogen and oxygen atoms in total. The molecule has 2 aromatic heterocycles. The van der Waals surface area contributed by atoms with E-state index in [1.807, 2.05) is 13.8 Å². The molecule has 0 saturated carbocycles. The highest BCUT2D eigenvalue weighted by atomic mass is 31.2. The van der Waals surface area contributed by atoms with Gasteiger partial charge in [0.15, 0.2) is 5.82 Å². The Hall–Kier alpha value is -3.57. The third-order valence-electron chi connectivity index (χ3n) is 6.46. The Labute approximate surface area is 237 Å². The molecule has 41 heavy (non-hydrogen) atoms. The minimum Gasteiger partial charge on any atom is -0.461 e. The maximum atomic E-state index is 13.9. The highest BCUT2D eigenvalue weighted by Gasteiger charge is 2.47. The van der Waals surface area contributed by atoms with Crippen LogP contribution < -0.4 is 15.3 Å². The van der Waals surface area contributed by atoms with Crippen molar-refractivity contribution < 1.29 is 38.1 Å². The molecule has 5 N–H and O–H groups in total. The number of esters is 1. The smallest absolute Gasteiger partial charge is 0.459 e. The molecule has 0 amide bonds. The molecule has 0 aliphatic rings. The SMILES string of the molecule is CCC(CC)OC(=O)[C@H](C)NP(=O)(OCC(C#N)(OC)[C@@H](O)[C@@H](O)c1ccc2c(N)ncnn12)Oc1ccccc1. The van der Waals surface area contributed by atoms with Crippen LogP contribution in [0.15, 0.2) is 48.8 Å². The number of nitrogens with two attached hydrogens (primary N) is 1. The fourth-order valence-electron chi connectivity index (χ4n) is 3.93. The molecule has 222 valence electrons. The van der Waals surface area contributed by atoms with Crippen molar-refractivity contribution in [3.8, 4) is 11.8 Å². The number of carbonyl (C=O) groups is 1. The van der Waals surface area contributed by atoms with Crippen molar-refractivity contribution in [3.05, 3.63) is 54.5 Å². The molecule has 0 radical (unpaired) electrons. The summed E-state index contributed by atoms with van der Waals surface area (Å²) >= 11 is 0. The summed E-state index contributed by atoms with van der Waals surface area (Å²) in [6, 6.07) is 11.7. The Morgan fingerprint density at radius 3 is 2.51 bits per heavy atom. The van der Waals surface area contributed by atoms with Crippen LogP contribution in [0.1, 0.15) is 45.4 Å². The molecular weight excluding hydrogens is 555 g/mol. The van der Waals surface area contributed by atoms with Gasteiger partial charge in [-0.15, -0.1) is 0 Å². The second-order valence-corrected chi connectivity index (χ2v) is 10.9. The molecule has 15 heteroatoms. The number of methoxy groups -OCH3 is 1. The number of nitriles is 1. The summed E-state index contributed by atoms with van der Waals surface area (Å²) in [5.41, 5.74) is 4.04. The first-order chi connectivity index (χ1) is 19.5. The van der Waals surface area contributed by atoms with Crippen molar-refractivity contribution in [1.82, 2.24) is 19.7 Å². The fraction of sp³-hybridized carbons (Fsp3) is 0.462. The van der Waals surface area contributed by atoms with E-state index in [9.17, 15) is 24.8 Å². The van der Waals surface area contributed by atoms with Crippen LogP contribution in [0.25, 0.3) is 5.52 Å². The van der Waals surface area contributed by atoms with Gasteiger partial charge < -0.3 is 29.9 Å². The number of aliphatic hydroxyl groups excluding tert-OH is 2. The molecule has 0 bridgehead atoms. The number of nitrogen functional groups attached to an aromatic ring is 1. The van der Waals surface area contributed by atoms with Crippen molar-refractivity contribution in [2.45, 2.75) is 63.6 Å². The van der Waals surface area contributed by atoms with Crippen LogP contribution in [0, 0.1) is 11.3 Å². The first-order valence-corrected chi connectivity index (χ1v) is 14.5. The summed E-state index contributed by atoms with van der Waals surface area (Å²) in [6.45, 7) is 4.32. The lowest BCUT2D eigenvalue weighted by Crippen LogP contribution is -2.50. The second kappa shape index (κ2) is 13.9. The standard InChI is InChI=1S/C26H35N6O8P/c1-5-18(6-2)39-25(35)17(3)31-41(36,40-19-10-8-7-9-11-19)38-15-26(14-27,37-4)23(34)22(33)20-12-13-21-24(28)29-16-30-32(20)21/h7-13,16-18,22-23,33-34H,5-6,15H2,1-4H3,(H,31,36)(H2,28,29,30)/t17-,22-,23-,26?,41?/m0/s1. The van der Waals surface area contributed by atoms with E-state index in [2.05, 4.69) is 15.2 Å². The number of aromatic nitrogens is 3. The van der Waals surface area contributed by atoms with Crippen LogP contribution in [0.4, 0.5) is 5.82 Å². The number of carbonyl (C=O) groups excluding carboxylic acids is 1. The number of ether oxygens (including phenoxy) is 2. The molecule has 0 spiro atoms. The van der Waals surface area contributed by atoms with E-state index in [0.29, 0.717) is 18.4 Å². The zero-order valence-corrected chi connectivity index (χ0v) is 24.1. The van der Waals surface area contributed by atoms with Gasteiger partial charge in [-0.2, -0.15) is 15.4 Å².